The van der Waals surface area contributed by atoms with Crippen molar-refractivity contribution in [1.29, 1.82) is 0 Å². The average molecular weight is 238 g/mol. The summed E-state index contributed by atoms with van der Waals surface area (Å²) in [6.45, 7) is 3.42. The molecule has 0 aliphatic carbocycles. The van der Waals surface area contributed by atoms with Gasteiger partial charge in [-0.2, -0.15) is 0 Å². The maximum absolute atomic E-state index is 13.0. The molecule has 0 bridgehead atoms. The van der Waals surface area contributed by atoms with Gasteiger partial charge in [0.05, 0.1) is 6.10 Å². The molecule has 1 aliphatic heterocycles. The molecule has 0 aromatic heterocycles. The molecule has 2 rings (SSSR count). The highest BCUT2D eigenvalue weighted by Crippen LogP contribution is 2.29. The van der Waals surface area contributed by atoms with Crippen LogP contribution in [0.1, 0.15) is 36.5 Å². The summed E-state index contributed by atoms with van der Waals surface area (Å²) >= 11 is 0. The fourth-order valence-corrected chi connectivity index (χ4v) is 2.44. The van der Waals surface area contributed by atoms with Crippen LogP contribution in [-0.2, 0) is 4.74 Å². The highest BCUT2D eigenvalue weighted by atomic mass is 19.1. The van der Waals surface area contributed by atoms with E-state index in [0.717, 1.165) is 43.6 Å². The molecule has 0 saturated carbocycles. The van der Waals surface area contributed by atoms with Crippen LogP contribution in [-0.4, -0.2) is 18.3 Å². The first-order valence-corrected chi connectivity index (χ1v) is 6.18. The van der Waals surface area contributed by atoms with Crippen LogP contribution in [0.5, 0.6) is 0 Å². The molecule has 0 radical (unpaired) electrons. The molecule has 0 amide bonds. The van der Waals surface area contributed by atoms with Crippen molar-refractivity contribution in [3.8, 4) is 0 Å². The van der Waals surface area contributed by atoms with E-state index in [2.05, 4.69) is 0 Å². The van der Waals surface area contributed by atoms with Crippen LogP contribution in [0.3, 0.4) is 0 Å². The lowest BCUT2D eigenvalue weighted by Crippen LogP contribution is -2.18. The number of hydrogen-bond acceptors (Lipinski definition) is 2. The molecule has 94 valence electrons. The third-order valence-electron chi connectivity index (χ3n) is 3.49. The summed E-state index contributed by atoms with van der Waals surface area (Å²) in [7, 11) is 0. The molecule has 17 heavy (non-hydrogen) atoms. The summed E-state index contributed by atoms with van der Waals surface area (Å²) < 4.78 is 18.3. The average Bonchev–Trinajstić information content (AvgIpc) is 2.30. The van der Waals surface area contributed by atoms with Gasteiger partial charge in [-0.15, -0.1) is 0 Å². The number of benzene rings is 1. The summed E-state index contributed by atoms with van der Waals surface area (Å²) in [6.07, 6.45) is 2.28. The second-order valence-electron chi connectivity index (χ2n) is 4.81. The van der Waals surface area contributed by atoms with E-state index in [9.17, 15) is 9.50 Å². The molecule has 1 N–H and O–H groups in total. The first-order valence-electron chi connectivity index (χ1n) is 6.18. The number of aryl methyl sites for hydroxylation is 1. The summed E-state index contributed by atoms with van der Waals surface area (Å²) in [4.78, 5) is 0. The second kappa shape index (κ2) is 5.61. The summed E-state index contributed by atoms with van der Waals surface area (Å²) in [5.41, 5.74) is 1.67. The summed E-state index contributed by atoms with van der Waals surface area (Å²) in [5, 5.41) is 10.2. The minimum Gasteiger partial charge on any atom is -0.388 e. The van der Waals surface area contributed by atoms with Gasteiger partial charge in [0.2, 0.25) is 0 Å². The highest BCUT2D eigenvalue weighted by molar-refractivity contribution is 5.28. The topological polar surface area (TPSA) is 29.5 Å². The largest absolute Gasteiger partial charge is 0.388 e. The Morgan fingerprint density at radius 3 is 2.76 bits per heavy atom. The normalized spacial score (nSPS) is 19.2. The van der Waals surface area contributed by atoms with Crippen LogP contribution < -0.4 is 0 Å². The Hall–Kier alpha value is -0.930. The third-order valence-corrected chi connectivity index (χ3v) is 3.49. The van der Waals surface area contributed by atoms with Crippen molar-refractivity contribution in [2.75, 3.05) is 13.2 Å². The Balaban J connectivity index is 2.00. The van der Waals surface area contributed by atoms with Crippen molar-refractivity contribution in [2.45, 2.75) is 32.3 Å². The van der Waals surface area contributed by atoms with Crippen molar-refractivity contribution in [3.63, 3.8) is 0 Å². The van der Waals surface area contributed by atoms with Gasteiger partial charge in [-0.25, -0.2) is 4.39 Å². The number of hydrogen-bond donors (Lipinski definition) is 1. The summed E-state index contributed by atoms with van der Waals surface area (Å²) in [5.74, 6) is 0.271. The quantitative estimate of drug-likeness (QED) is 0.877. The van der Waals surface area contributed by atoms with Gasteiger partial charge in [0, 0.05) is 13.2 Å². The van der Waals surface area contributed by atoms with Crippen LogP contribution in [0, 0.1) is 18.7 Å². The first kappa shape index (κ1) is 12.5. The third kappa shape index (κ3) is 3.27. The zero-order valence-electron chi connectivity index (χ0n) is 10.2. The van der Waals surface area contributed by atoms with Crippen LogP contribution in [0.2, 0.25) is 0 Å². The zero-order chi connectivity index (χ0) is 12.3. The Morgan fingerprint density at radius 2 is 2.12 bits per heavy atom. The van der Waals surface area contributed by atoms with Gasteiger partial charge in [-0.05, 0) is 55.4 Å². The minimum absolute atomic E-state index is 0.246. The maximum atomic E-state index is 13.0. The number of aliphatic hydroxyl groups is 1. The molecule has 1 saturated heterocycles. The Labute approximate surface area is 101 Å². The number of rotatable bonds is 3. The number of aliphatic hydroxyl groups excluding tert-OH is 1. The van der Waals surface area contributed by atoms with E-state index in [0.29, 0.717) is 5.92 Å². The van der Waals surface area contributed by atoms with E-state index < -0.39 is 6.10 Å². The van der Waals surface area contributed by atoms with Crippen LogP contribution in [0.15, 0.2) is 18.2 Å². The van der Waals surface area contributed by atoms with Crippen LogP contribution in [0.4, 0.5) is 4.39 Å². The lowest BCUT2D eigenvalue weighted by atomic mass is 9.89. The van der Waals surface area contributed by atoms with E-state index in [1.807, 2.05) is 6.92 Å². The first-order chi connectivity index (χ1) is 8.16. The second-order valence-corrected chi connectivity index (χ2v) is 4.81. The van der Waals surface area contributed by atoms with Gasteiger partial charge in [-0.1, -0.05) is 6.07 Å². The molecule has 1 heterocycles. The smallest absolute Gasteiger partial charge is 0.123 e. The molecule has 1 unspecified atom stereocenters. The van der Waals surface area contributed by atoms with Crippen LogP contribution >= 0.6 is 0 Å². The van der Waals surface area contributed by atoms with Gasteiger partial charge < -0.3 is 9.84 Å². The lowest BCUT2D eigenvalue weighted by molar-refractivity contribution is 0.0434. The SMILES string of the molecule is Cc1cc(F)ccc1C(O)CC1CCOCC1. The Bertz CT molecular complexity index is 372. The van der Waals surface area contributed by atoms with E-state index in [1.165, 1.54) is 12.1 Å². The summed E-state index contributed by atoms with van der Waals surface area (Å²) in [6, 6.07) is 4.58. The van der Waals surface area contributed by atoms with E-state index in [4.69, 9.17) is 4.74 Å². The molecule has 1 aromatic rings. The van der Waals surface area contributed by atoms with E-state index in [-0.39, 0.29) is 5.82 Å². The molecular formula is C14H19FO2. The highest BCUT2D eigenvalue weighted by Gasteiger charge is 2.19. The zero-order valence-corrected chi connectivity index (χ0v) is 10.2. The van der Waals surface area contributed by atoms with Gasteiger partial charge in [0.25, 0.3) is 0 Å². The molecule has 2 nitrogen and oxygen atoms in total. The van der Waals surface area contributed by atoms with Gasteiger partial charge in [0.1, 0.15) is 5.82 Å². The molecular weight excluding hydrogens is 219 g/mol. The monoisotopic (exact) mass is 238 g/mol. The lowest BCUT2D eigenvalue weighted by Gasteiger charge is -2.25. The van der Waals surface area contributed by atoms with E-state index >= 15 is 0 Å². The molecule has 3 heteroatoms. The van der Waals surface area contributed by atoms with Gasteiger partial charge in [0.15, 0.2) is 0 Å². The minimum atomic E-state index is -0.487. The van der Waals surface area contributed by atoms with E-state index in [1.54, 1.807) is 6.07 Å². The Kier molecular flexibility index (Phi) is 4.13. The predicted molar refractivity (Wildman–Crippen MR) is 64.3 cm³/mol. The van der Waals surface area contributed by atoms with Crippen molar-refractivity contribution in [1.82, 2.24) is 0 Å². The van der Waals surface area contributed by atoms with Crippen molar-refractivity contribution >= 4 is 0 Å². The molecule has 0 spiro atoms. The van der Waals surface area contributed by atoms with Crippen molar-refractivity contribution < 1.29 is 14.2 Å². The predicted octanol–water partition coefficient (Wildman–Crippen LogP) is 2.98. The van der Waals surface area contributed by atoms with Gasteiger partial charge >= 0.3 is 0 Å². The van der Waals surface area contributed by atoms with Crippen LogP contribution in [0.25, 0.3) is 0 Å². The number of ether oxygens (including phenoxy) is 1. The van der Waals surface area contributed by atoms with Crippen molar-refractivity contribution in [3.05, 3.63) is 35.1 Å². The fraction of sp³-hybridized carbons (Fsp3) is 0.571. The Morgan fingerprint density at radius 1 is 1.41 bits per heavy atom. The molecule has 1 aliphatic rings. The molecule has 1 fully saturated rings. The maximum Gasteiger partial charge on any atom is 0.123 e. The fourth-order valence-electron chi connectivity index (χ4n) is 2.44. The standard InChI is InChI=1S/C14H19FO2/c1-10-8-12(15)2-3-13(10)14(16)9-11-4-6-17-7-5-11/h2-3,8,11,14,16H,4-7,9H2,1H3. The van der Waals surface area contributed by atoms with Gasteiger partial charge in [-0.3, -0.25) is 0 Å². The number of halogens is 1. The molecule has 1 atom stereocenters. The molecule has 1 aromatic carbocycles. The van der Waals surface area contributed by atoms with Crippen molar-refractivity contribution in [2.24, 2.45) is 5.92 Å².